The summed E-state index contributed by atoms with van der Waals surface area (Å²) >= 11 is 0. The molecule has 2 aromatic rings. The van der Waals surface area contributed by atoms with Gasteiger partial charge in [0.2, 0.25) is 0 Å². The molecule has 0 aliphatic rings. The average Bonchev–Trinajstić information content (AvgIpc) is 2.49. The van der Waals surface area contributed by atoms with Gasteiger partial charge < -0.3 is 11.1 Å². The molecule has 0 saturated carbocycles. The van der Waals surface area contributed by atoms with Gasteiger partial charge in [0.1, 0.15) is 6.29 Å². The van der Waals surface area contributed by atoms with Gasteiger partial charge in [-0.3, -0.25) is 9.59 Å². The van der Waals surface area contributed by atoms with Crippen LogP contribution in [-0.4, -0.2) is 18.7 Å². The molecule has 0 fully saturated rings. The fourth-order valence-corrected chi connectivity index (χ4v) is 1.82. The van der Waals surface area contributed by atoms with Gasteiger partial charge in [0, 0.05) is 23.4 Å². The molecule has 0 unspecified atom stereocenters. The highest BCUT2D eigenvalue weighted by Crippen LogP contribution is 2.06. The van der Waals surface area contributed by atoms with Crippen molar-refractivity contribution in [2.24, 2.45) is 0 Å². The maximum atomic E-state index is 11.9. The van der Waals surface area contributed by atoms with E-state index in [1.165, 1.54) is 0 Å². The number of hydrogen-bond donors (Lipinski definition) is 2. The highest BCUT2D eigenvalue weighted by Gasteiger charge is 2.04. The minimum atomic E-state index is -0.141. The Labute approximate surface area is 117 Å². The Bertz CT molecular complexity index is 589. The number of carbonyl (C=O) groups excluding carboxylic acids is 2. The van der Waals surface area contributed by atoms with E-state index in [1.54, 1.807) is 24.3 Å². The van der Waals surface area contributed by atoms with E-state index in [2.05, 4.69) is 5.32 Å². The molecule has 0 aliphatic heterocycles. The van der Waals surface area contributed by atoms with Crippen LogP contribution in [0.3, 0.4) is 0 Å². The van der Waals surface area contributed by atoms with Gasteiger partial charge in [-0.2, -0.15) is 0 Å². The summed E-state index contributed by atoms with van der Waals surface area (Å²) in [6, 6.07) is 14.1. The molecule has 0 spiro atoms. The topological polar surface area (TPSA) is 72.2 Å². The summed E-state index contributed by atoms with van der Waals surface area (Å²) in [4.78, 5) is 22.4. The van der Waals surface area contributed by atoms with Crippen LogP contribution >= 0.6 is 0 Å². The van der Waals surface area contributed by atoms with Gasteiger partial charge in [-0.1, -0.05) is 24.3 Å². The van der Waals surface area contributed by atoms with E-state index in [0.29, 0.717) is 17.7 Å². The van der Waals surface area contributed by atoms with E-state index < -0.39 is 0 Å². The second-order valence-corrected chi connectivity index (χ2v) is 4.49. The van der Waals surface area contributed by atoms with Crippen molar-refractivity contribution in [1.29, 1.82) is 0 Å². The second kappa shape index (κ2) is 6.52. The van der Waals surface area contributed by atoms with Gasteiger partial charge in [0.15, 0.2) is 0 Å². The minimum absolute atomic E-state index is 0.141. The van der Waals surface area contributed by atoms with Crippen LogP contribution in [0.25, 0.3) is 0 Å². The van der Waals surface area contributed by atoms with E-state index in [9.17, 15) is 9.59 Å². The highest BCUT2D eigenvalue weighted by molar-refractivity contribution is 5.94. The molecule has 2 rings (SSSR count). The lowest BCUT2D eigenvalue weighted by Crippen LogP contribution is -2.25. The average molecular weight is 268 g/mol. The van der Waals surface area contributed by atoms with Crippen LogP contribution in [0.15, 0.2) is 48.5 Å². The number of carbonyl (C=O) groups is 2. The van der Waals surface area contributed by atoms with Crippen molar-refractivity contribution in [1.82, 2.24) is 5.32 Å². The zero-order chi connectivity index (χ0) is 14.4. The maximum absolute atomic E-state index is 11.9. The van der Waals surface area contributed by atoms with E-state index in [1.807, 2.05) is 24.3 Å². The first kappa shape index (κ1) is 13.8. The molecule has 4 nitrogen and oxygen atoms in total. The van der Waals surface area contributed by atoms with Crippen molar-refractivity contribution in [3.8, 4) is 0 Å². The minimum Gasteiger partial charge on any atom is -0.399 e. The molecule has 3 N–H and O–H groups in total. The van der Waals surface area contributed by atoms with Gasteiger partial charge >= 0.3 is 0 Å². The number of rotatable bonds is 5. The summed E-state index contributed by atoms with van der Waals surface area (Å²) in [6.07, 6.45) is 1.50. The first-order valence-electron chi connectivity index (χ1n) is 6.37. The molecule has 0 heterocycles. The van der Waals surface area contributed by atoms with Crippen molar-refractivity contribution in [3.05, 3.63) is 65.2 Å². The number of nitrogens with one attached hydrogen (secondary N) is 1. The van der Waals surface area contributed by atoms with E-state index in [-0.39, 0.29) is 5.91 Å². The summed E-state index contributed by atoms with van der Waals surface area (Å²) in [5, 5.41) is 2.84. The summed E-state index contributed by atoms with van der Waals surface area (Å²) in [5.74, 6) is -0.141. The zero-order valence-corrected chi connectivity index (χ0v) is 11.0. The van der Waals surface area contributed by atoms with Crippen molar-refractivity contribution >= 4 is 17.9 Å². The standard InChI is InChI=1S/C16H16N2O2/c17-15-7-3-12(4-8-15)9-10-18-16(20)14-5-1-13(11-19)2-6-14/h1-8,11H,9-10,17H2,(H,18,20). The molecule has 0 aliphatic carbocycles. The molecule has 0 aromatic heterocycles. The number of benzene rings is 2. The molecule has 0 radical (unpaired) electrons. The number of aldehydes is 1. The fourth-order valence-electron chi connectivity index (χ4n) is 1.82. The van der Waals surface area contributed by atoms with Crippen LogP contribution in [0.4, 0.5) is 5.69 Å². The van der Waals surface area contributed by atoms with Crippen LogP contribution < -0.4 is 11.1 Å². The predicted octanol–water partition coefficient (Wildman–Crippen LogP) is 2.05. The monoisotopic (exact) mass is 268 g/mol. The summed E-state index contributed by atoms with van der Waals surface area (Å²) in [6.45, 7) is 0.554. The van der Waals surface area contributed by atoms with Crippen LogP contribution in [0.1, 0.15) is 26.3 Å². The van der Waals surface area contributed by atoms with Crippen molar-refractivity contribution < 1.29 is 9.59 Å². The summed E-state index contributed by atoms with van der Waals surface area (Å²) in [5.41, 5.74) is 8.57. The van der Waals surface area contributed by atoms with Gasteiger partial charge in [0.05, 0.1) is 0 Å². The molecule has 0 saturated heterocycles. The largest absolute Gasteiger partial charge is 0.399 e. The van der Waals surface area contributed by atoms with E-state index >= 15 is 0 Å². The van der Waals surface area contributed by atoms with Gasteiger partial charge in [-0.15, -0.1) is 0 Å². The molecule has 20 heavy (non-hydrogen) atoms. The first-order valence-corrected chi connectivity index (χ1v) is 6.37. The zero-order valence-electron chi connectivity index (χ0n) is 11.0. The molecule has 0 bridgehead atoms. The highest BCUT2D eigenvalue weighted by atomic mass is 16.1. The van der Waals surface area contributed by atoms with Crippen molar-refractivity contribution in [2.75, 3.05) is 12.3 Å². The maximum Gasteiger partial charge on any atom is 0.251 e. The number of amides is 1. The molecule has 102 valence electrons. The molecule has 1 amide bonds. The van der Waals surface area contributed by atoms with Crippen molar-refractivity contribution in [2.45, 2.75) is 6.42 Å². The number of hydrogen-bond acceptors (Lipinski definition) is 3. The van der Waals surface area contributed by atoms with Crippen LogP contribution in [0.2, 0.25) is 0 Å². The van der Waals surface area contributed by atoms with Crippen LogP contribution in [0.5, 0.6) is 0 Å². The third-order valence-electron chi connectivity index (χ3n) is 2.99. The Hall–Kier alpha value is -2.62. The molecular weight excluding hydrogens is 252 g/mol. The van der Waals surface area contributed by atoms with E-state index in [4.69, 9.17) is 5.73 Å². The number of nitrogen functional groups attached to an aromatic ring is 1. The smallest absolute Gasteiger partial charge is 0.251 e. The Morgan fingerprint density at radius 3 is 2.30 bits per heavy atom. The Morgan fingerprint density at radius 1 is 1.05 bits per heavy atom. The quantitative estimate of drug-likeness (QED) is 0.644. The molecular formula is C16H16N2O2. The van der Waals surface area contributed by atoms with Gasteiger partial charge in [0.25, 0.3) is 5.91 Å². The SMILES string of the molecule is Nc1ccc(CCNC(=O)c2ccc(C=O)cc2)cc1. The number of anilines is 1. The lowest BCUT2D eigenvalue weighted by molar-refractivity contribution is 0.0953. The third-order valence-corrected chi connectivity index (χ3v) is 2.99. The third kappa shape index (κ3) is 3.68. The Kier molecular flexibility index (Phi) is 4.50. The lowest BCUT2D eigenvalue weighted by atomic mass is 10.1. The first-order chi connectivity index (χ1) is 9.69. The van der Waals surface area contributed by atoms with Crippen LogP contribution in [0, 0.1) is 0 Å². The Morgan fingerprint density at radius 2 is 1.70 bits per heavy atom. The second-order valence-electron chi connectivity index (χ2n) is 4.49. The molecule has 4 heteroatoms. The number of nitrogens with two attached hydrogens (primary N) is 1. The Balaban J connectivity index is 1.85. The van der Waals surface area contributed by atoms with Gasteiger partial charge in [-0.05, 0) is 36.2 Å². The lowest BCUT2D eigenvalue weighted by Gasteiger charge is -2.06. The summed E-state index contributed by atoms with van der Waals surface area (Å²) < 4.78 is 0. The molecule has 0 atom stereocenters. The fraction of sp³-hybridized carbons (Fsp3) is 0.125. The predicted molar refractivity (Wildman–Crippen MR) is 78.7 cm³/mol. The van der Waals surface area contributed by atoms with Crippen molar-refractivity contribution in [3.63, 3.8) is 0 Å². The van der Waals surface area contributed by atoms with Gasteiger partial charge in [-0.25, -0.2) is 0 Å². The van der Waals surface area contributed by atoms with E-state index in [0.717, 1.165) is 24.0 Å². The summed E-state index contributed by atoms with van der Waals surface area (Å²) in [7, 11) is 0. The molecule has 2 aromatic carbocycles. The normalized spacial score (nSPS) is 10.0. The van der Waals surface area contributed by atoms with Crippen LogP contribution in [-0.2, 0) is 6.42 Å².